The van der Waals surface area contributed by atoms with Crippen molar-refractivity contribution in [2.45, 2.75) is 93.5 Å². The summed E-state index contributed by atoms with van der Waals surface area (Å²) in [5, 5.41) is 38.4. The monoisotopic (exact) mass is 475 g/mol. The predicted octanol–water partition coefficient (Wildman–Crippen LogP) is -3.20. The molecular weight excluding hydrogens is 434 g/mol. The molecule has 1 unspecified atom stereocenters. The summed E-state index contributed by atoms with van der Waals surface area (Å²) in [4.78, 5) is 0. The van der Waals surface area contributed by atoms with Gasteiger partial charge in [0, 0.05) is 6.04 Å². The average Bonchev–Trinajstić information content (AvgIpc) is 2.76. The first-order valence-electron chi connectivity index (χ1n) is 11.6. The SMILES string of the molecule is CCN[C@H]1C[C@@H](O)[C@@H](OC2OC(CN)=CC[C@H]2N)[C@@H](N)[C@@H]1O[C@H]1OC[C@](C)(O)[C@H](NC)[C@H]1O. The number of rotatable bonds is 8. The van der Waals surface area contributed by atoms with E-state index in [0.29, 0.717) is 25.1 Å². The fraction of sp³-hybridized carbons (Fsp3) is 0.905. The van der Waals surface area contributed by atoms with Crippen LogP contribution in [0.25, 0.3) is 0 Å². The highest BCUT2D eigenvalue weighted by Crippen LogP contribution is 2.31. The molecule has 2 fully saturated rings. The van der Waals surface area contributed by atoms with Crippen molar-refractivity contribution in [1.82, 2.24) is 10.6 Å². The number of nitrogens with two attached hydrogens (primary N) is 3. The first kappa shape index (κ1) is 26.7. The van der Waals surface area contributed by atoms with Gasteiger partial charge in [-0.2, -0.15) is 0 Å². The summed E-state index contributed by atoms with van der Waals surface area (Å²) in [6, 6.07) is -2.20. The van der Waals surface area contributed by atoms with E-state index in [-0.39, 0.29) is 19.2 Å². The first-order valence-corrected chi connectivity index (χ1v) is 11.6. The van der Waals surface area contributed by atoms with Crippen molar-refractivity contribution in [3.05, 3.63) is 11.8 Å². The highest BCUT2D eigenvalue weighted by atomic mass is 16.7. The number of ether oxygens (including phenoxy) is 4. The van der Waals surface area contributed by atoms with Crippen molar-refractivity contribution in [2.24, 2.45) is 17.2 Å². The molecule has 11 atom stereocenters. The Morgan fingerprint density at radius 2 is 1.91 bits per heavy atom. The van der Waals surface area contributed by atoms with Crippen LogP contribution in [0.4, 0.5) is 0 Å². The lowest BCUT2D eigenvalue weighted by Gasteiger charge is -2.49. The molecule has 33 heavy (non-hydrogen) atoms. The minimum Gasteiger partial charge on any atom is -0.467 e. The highest BCUT2D eigenvalue weighted by Gasteiger charge is 2.51. The standard InChI is InChI=1S/C21H41N5O7/c1-4-26-12-7-13(27)17(33-19-11(23)6-5-10(8-22)31-19)14(24)16(12)32-20-15(28)18(25-3)21(2,29)9-30-20/h5,11-20,25-29H,4,6-9,22-24H2,1-3H3/t11-,12+,13-,14+,15-,16-,17-,18-,19?,20-,21+/m1/s1. The van der Waals surface area contributed by atoms with Crippen LogP contribution in [0.5, 0.6) is 0 Å². The van der Waals surface area contributed by atoms with Gasteiger partial charge in [-0.05, 0) is 39.4 Å². The van der Waals surface area contributed by atoms with E-state index in [9.17, 15) is 15.3 Å². The molecule has 12 heteroatoms. The van der Waals surface area contributed by atoms with Gasteiger partial charge in [-0.3, -0.25) is 0 Å². The average molecular weight is 476 g/mol. The van der Waals surface area contributed by atoms with E-state index in [1.165, 1.54) is 0 Å². The molecule has 0 radical (unpaired) electrons. The lowest BCUT2D eigenvalue weighted by molar-refractivity contribution is -0.295. The van der Waals surface area contributed by atoms with Gasteiger partial charge in [-0.15, -0.1) is 0 Å². The van der Waals surface area contributed by atoms with E-state index in [0.717, 1.165) is 0 Å². The van der Waals surface area contributed by atoms with Crippen LogP contribution in [0.15, 0.2) is 11.8 Å². The first-order chi connectivity index (χ1) is 15.6. The fourth-order valence-corrected chi connectivity index (χ4v) is 4.87. The molecule has 0 aromatic carbocycles. The van der Waals surface area contributed by atoms with Gasteiger partial charge < -0.3 is 62.1 Å². The number of aliphatic hydroxyl groups is 3. The molecule has 1 aliphatic carbocycles. The van der Waals surface area contributed by atoms with Crippen molar-refractivity contribution >= 4 is 0 Å². The molecule has 3 aliphatic rings. The molecule has 1 saturated heterocycles. The third-order valence-electron chi connectivity index (χ3n) is 6.66. The zero-order valence-electron chi connectivity index (χ0n) is 19.6. The Morgan fingerprint density at radius 3 is 2.55 bits per heavy atom. The lowest BCUT2D eigenvalue weighted by atomic mass is 9.83. The molecule has 11 N–H and O–H groups in total. The summed E-state index contributed by atoms with van der Waals surface area (Å²) in [6.07, 6.45) is -2.72. The van der Waals surface area contributed by atoms with Crippen molar-refractivity contribution in [2.75, 3.05) is 26.7 Å². The summed E-state index contributed by atoms with van der Waals surface area (Å²) in [5.74, 6) is 0.572. The minimum atomic E-state index is -1.27. The zero-order chi connectivity index (χ0) is 24.3. The maximum atomic E-state index is 10.8. The Bertz CT molecular complexity index is 669. The molecule has 192 valence electrons. The topological polar surface area (TPSA) is 200 Å². The second-order valence-corrected chi connectivity index (χ2v) is 9.30. The van der Waals surface area contributed by atoms with Crippen molar-refractivity contribution < 1.29 is 34.3 Å². The molecular formula is C21H41N5O7. The normalized spacial score (nSPS) is 46.5. The molecule has 0 amide bonds. The third kappa shape index (κ3) is 5.85. The van der Waals surface area contributed by atoms with E-state index in [1.54, 1.807) is 14.0 Å². The number of likely N-dealkylation sites (N-methyl/N-ethyl adjacent to an activating group) is 2. The molecule has 0 aromatic heterocycles. The Labute approximate surface area is 194 Å². The van der Waals surface area contributed by atoms with Crippen molar-refractivity contribution in [3.63, 3.8) is 0 Å². The molecule has 3 rings (SSSR count). The smallest absolute Gasteiger partial charge is 0.215 e. The Kier molecular flexibility index (Phi) is 9.08. The Balaban J connectivity index is 1.75. The van der Waals surface area contributed by atoms with E-state index in [4.69, 9.17) is 36.1 Å². The van der Waals surface area contributed by atoms with Gasteiger partial charge >= 0.3 is 0 Å². The molecule has 0 aromatic rings. The minimum absolute atomic E-state index is 0.0322. The van der Waals surface area contributed by atoms with Gasteiger partial charge in [0.15, 0.2) is 6.29 Å². The maximum absolute atomic E-state index is 10.8. The molecule has 1 saturated carbocycles. The summed E-state index contributed by atoms with van der Waals surface area (Å²) < 4.78 is 23.6. The van der Waals surface area contributed by atoms with Crippen LogP contribution < -0.4 is 27.8 Å². The predicted molar refractivity (Wildman–Crippen MR) is 120 cm³/mol. The number of nitrogens with one attached hydrogen (secondary N) is 2. The summed E-state index contributed by atoms with van der Waals surface area (Å²) >= 11 is 0. The third-order valence-corrected chi connectivity index (χ3v) is 6.66. The fourth-order valence-electron chi connectivity index (χ4n) is 4.87. The number of hydrogen-bond donors (Lipinski definition) is 8. The molecule has 0 spiro atoms. The molecule has 0 bridgehead atoms. The van der Waals surface area contributed by atoms with Crippen molar-refractivity contribution in [3.8, 4) is 0 Å². The largest absolute Gasteiger partial charge is 0.467 e. The lowest BCUT2D eigenvalue weighted by Crippen LogP contribution is -2.69. The van der Waals surface area contributed by atoms with Gasteiger partial charge in [0.05, 0.1) is 43.5 Å². The van der Waals surface area contributed by atoms with E-state index < -0.39 is 60.7 Å². The van der Waals surface area contributed by atoms with Gasteiger partial charge in [0.2, 0.25) is 6.29 Å². The van der Waals surface area contributed by atoms with Crippen LogP contribution in [0, 0.1) is 0 Å². The van der Waals surface area contributed by atoms with Gasteiger partial charge in [0.25, 0.3) is 0 Å². The Morgan fingerprint density at radius 1 is 1.21 bits per heavy atom. The highest BCUT2D eigenvalue weighted by molar-refractivity contribution is 5.05. The molecule has 2 aliphatic heterocycles. The van der Waals surface area contributed by atoms with Crippen LogP contribution in [-0.4, -0.2) is 109 Å². The van der Waals surface area contributed by atoms with Crippen LogP contribution in [0.3, 0.4) is 0 Å². The zero-order valence-corrected chi connectivity index (χ0v) is 19.6. The Hall–Kier alpha value is -0.900. The summed E-state index contributed by atoms with van der Waals surface area (Å²) in [5.41, 5.74) is 17.1. The number of hydrogen-bond acceptors (Lipinski definition) is 12. The summed E-state index contributed by atoms with van der Waals surface area (Å²) in [7, 11) is 1.65. The second kappa shape index (κ2) is 11.2. The van der Waals surface area contributed by atoms with E-state index in [1.807, 2.05) is 13.0 Å². The maximum Gasteiger partial charge on any atom is 0.215 e. The summed E-state index contributed by atoms with van der Waals surface area (Å²) in [6.45, 7) is 4.33. The molecule has 12 nitrogen and oxygen atoms in total. The second-order valence-electron chi connectivity index (χ2n) is 9.30. The van der Waals surface area contributed by atoms with E-state index in [2.05, 4.69) is 10.6 Å². The van der Waals surface area contributed by atoms with Crippen LogP contribution >= 0.6 is 0 Å². The van der Waals surface area contributed by atoms with Gasteiger partial charge in [-0.1, -0.05) is 6.92 Å². The molecule has 2 heterocycles. The quantitative estimate of drug-likeness (QED) is 0.175. The van der Waals surface area contributed by atoms with Crippen LogP contribution in [0.2, 0.25) is 0 Å². The van der Waals surface area contributed by atoms with Gasteiger partial charge in [-0.25, -0.2) is 0 Å². The van der Waals surface area contributed by atoms with Crippen molar-refractivity contribution in [1.29, 1.82) is 0 Å². The van der Waals surface area contributed by atoms with Gasteiger partial charge in [0.1, 0.15) is 23.6 Å². The van der Waals surface area contributed by atoms with Crippen LogP contribution in [0.1, 0.15) is 26.7 Å². The van der Waals surface area contributed by atoms with Crippen LogP contribution in [-0.2, 0) is 18.9 Å². The number of aliphatic hydroxyl groups excluding tert-OH is 2. The van der Waals surface area contributed by atoms with E-state index >= 15 is 0 Å².